The Balaban J connectivity index is 1.48. The highest BCUT2D eigenvalue weighted by atomic mass is 16.6. The number of benzene rings is 2. The maximum atomic E-state index is 12.6. The molecule has 2 aromatic carbocycles. The van der Waals surface area contributed by atoms with E-state index in [1.807, 2.05) is 30.3 Å². The van der Waals surface area contributed by atoms with Crippen molar-refractivity contribution in [3.05, 3.63) is 76.4 Å². The first-order chi connectivity index (χ1) is 14.4. The van der Waals surface area contributed by atoms with Crippen molar-refractivity contribution in [2.75, 3.05) is 31.1 Å². The molecule has 1 atom stereocenters. The minimum absolute atomic E-state index is 0.0266. The topological polar surface area (TPSA) is 93.0 Å². The minimum atomic E-state index is -0.887. The van der Waals surface area contributed by atoms with E-state index in [1.165, 1.54) is 36.4 Å². The highest BCUT2D eigenvalue weighted by Gasteiger charge is 2.26. The van der Waals surface area contributed by atoms with Crippen LogP contribution in [-0.4, -0.2) is 54.0 Å². The zero-order valence-electron chi connectivity index (χ0n) is 16.6. The molecule has 0 bridgehead atoms. The second-order valence-corrected chi connectivity index (χ2v) is 6.91. The zero-order chi connectivity index (χ0) is 21.5. The molecule has 1 saturated heterocycles. The Hall–Kier alpha value is -3.68. The van der Waals surface area contributed by atoms with Gasteiger partial charge in [0.05, 0.1) is 4.92 Å². The number of hydrogen-bond acceptors (Lipinski definition) is 6. The molecule has 3 rings (SSSR count). The summed E-state index contributed by atoms with van der Waals surface area (Å²) in [5.74, 6) is -0.864. The molecule has 0 N–H and O–H groups in total. The predicted octanol–water partition coefficient (Wildman–Crippen LogP) is 2.89. The first-order valence-corrected chi connectivity index (χ1v) is 9.66. The van der Waals surface area contributed by atoms with Gasteiger partial charge in [0, 0.05) is 50.1 Å². The number of hydrogen-bond donors (Lipinski definition) is 0. The lowest BCUT2D eigenvalue weighted by molar-refractivity contribution is -0.384. The number of carbonyl (C=O) groups excluding carboxylic acids is 2. The molecule has 1 unspecified atom stereocenters. The normalized spacial score (nSPS) is 15.1. The first kappa shape index (κ1) is 21.0. The van der Waals surface area contributed by atoms with Crippen molar-refractivity contribution in [3.63, 3.8) is 0 Å². The minimum Gasteiger partial charge on any atom is -0.449 e. The molecule has 0 radical (unpaired) electrons. The van der Waals surface area contributed by atoms with Crippen molar-refractivity contribution >= 4 is 29.3 Å². The van der Waals surface area contributed by atoms with Crippen molar-refractivity contribution < 1.29 is 19.2 Å². The van der Waals surface area contributed by atoms with E-state index in [0.717, 1.165) is 18.8 Å². The van der Waals surface area contributed by atoms with Crippen LogP contribution in [0.25, 0.3) is 6.08 Å². The van der Waals surface area contributed by atoms with Crippen molar-refractivity contribution in [1.29, 1.82) is 0 Å². The fraction of sp³-hybridized carbons (Fsp3) is 0.273. The molecular weight excluding hydrogens is 386 g/mol. The molecule has 1 aliphatic rings. The third kappa shape index (κ3) is 5.44. The Morgan fingerprint density at radius 3 is 2.27 bits per heavy atom. The van der Waals surface area contributed by atoms with Crippen molar-refractivity contribution in [2.24, 2.45) is 0 Å². The highest BCUT2D eigenvalue weighted by Crippen LogP contribution is 2.16. The molecule has 1 fully saturated rings. The maximum absolute atomic E-state index is 12.6. The van der Waals surface area contributed by atoms with Crippen LogP contribution in [0.2, 0.25) is 0 Å². The number of nitro groups is 1. The molecule has 0 aromatic heterocycles. The molecule has 8 heteroatoms. The number of esters is 1. The third-order valence-corrected chi connectivity index (χ3v) is 4.87. The van der Waals surface area contributed by atoms with Gasteiger partial charge in [0.2, 0.25) is 0 Å². The monoisotopic (exact) mass is 409 g/mol. The third-order valence-electron chi connectivity index (χ3n) is 4.87. The number of amides is 1. The van der Waals surface area contributed by atoms with Crippen LogP contribution in [0, 0.1) is 10.1 Å². The maximum Gasteiger partial charge on any atom is 0.331 e. The van der Waals surface area contributed by atoms with Crippen molar-refractivity contribution in [1.82, 2.24) is 4.90 Å². The number of anilines is 1. The molecule has 1 amide bonds. The summed E-state index contributed by atoms with van der Waals surface area (Å²) in [6, 6.07) is 15.8. The molecule has 1 heterocycles. The molecule has 2 aromatic rings. The first-order valence-electron chi connectivity index (χ1n) is 9.66. The molecular formula is C22H23N3O5. The SMILES string of the molecule is CC(OC(=O)/C=C/c1ccc([N+](=O)[O-])cc1)C(=O)N1CCN(c2ccccc2)CC1. The van der Waals surface area contributed by atoms with Gasteiger partial charge in [-0.1, -0.05) is 18.2 Å². The van der Waals surface area contributed by atoms with Crippen LogP contribution < -0.4 is 4.90 Å². The molecule has 1 aliphatic heterocycles. The summed E-state index contributed by atoms with van der Waals surface area (Å²) < 4.78 is 5.22. The summed E-state index contributed by atoms with van der Waals surface area (Å²) >= 11 is 0. The summed E-state index contributed by atoms with van der Waals surface area (Å²) in [7, 11) is 0. The summed E-state index contributed by atoms with van der Waals surface area (Å²) in [5, 5.41) is 10.7. The lowest BCUT2D eigenvalue weighted by atomic mass is 10.2. The average molecular weight is 409 g/mol. The van der Waals surface area contributed by atoms with Gasteiger partial charge in [0.1, 0.15) is 0 Å². The van der Waals surface area contributed by atoms with E-state index in [0.29, 0.717) is 18.7 Å². The molecule has 0 aliphatic carbocycles. The van der Waals surface area contributed by atoms with Crippen LogP contribution in [0.3, 0.4) is 0 Å². The van der Waals surface area contributed by atoms with Gasteiger partial charge in [-0.15, -0.1) is 0 Å². The Labute approximate surface area is 174 Å². The van der Waals surface area contributed by atoms with E-state index < -0.39 is 17.0 Å². The Morgan fingerprint density at radius 1 is 1.03 bits per heavy atom. The number of piperazine rings is 1. The number of carbonyl (C=O) groups is 2. The van der Waals surface area contributed by atoms with Crippen molar-refractivity contribution in [2.45, 2.75) is 13.0 Å². The Bertz CT molecular complexity index is 920. The van der Waals surface area contributed by atoms with Gasteiger partial charge in [0.15, 0.2) is 6.10 Å². The molecule has 30 heavy (non-hydrogen) atoms. The lowest BCUT2D eigenvalue weighted by Gasteiger charge is -2.36. The summed E-state index contributed by atoms with van der Waals surface area (Å²) in [5.41, 5.74) is 1.72. The van der Waals surface area contributed by atoms with Crippen LogP contribution in [-0.2, 0) is 14.3 Å². The second-order valence-electron chi connectivity index (χ2n) is 6.91. The number of non-ortho nitro benzene ring substituents is 1. The second kappa shape index (κ2) is 9.69. The van der Waals surface area contributed by atoms with Crippen LogP contribution in [0.1, 0.15) is 12.5 Å². The molecule has 8 nitrogen and oxygen atoms in total. The van der Waals surface area contributed by atoms with Gasteiger partial charge in [-0.3, -0.25) is 14.9 Å². The lowest BCUT2D eigenvalue weighted by Crippen LogP contribution is -2.51. The van der Waals surface area contributed by atoms with E-state index in [2.05, 4.69) is 4.90 Å². The van der Waals surface area contributed by atoms with Gasteiger partial charge < -0.3 is 14.5 Å². The van der Waals surface area contributed by atoms with Crippen molar-refractivity contribution in [3.8, 4) is 0 Å². The number of ether oxygens (including phenoxy) is 1. The molecule has 0 spiro atoms. The number of nitro benzene ring substituents is 1. The van der Waals surface area contributed by atoms with Gasteiger partial charge >= 0.3 is 5.97 Å². The summed E-state index contributed by atoms with van der Waals surface area (Å²) in [6.07, 6.45) is 1.81. The largest absolute Gasteiger partial charge is 0.449 e. The van der Waals surface area contributed by atoms with Crippen LogP contribution in [0.5, 0.6) is 0 Å². The van der Waals surface area contributed by atoms with E-state index in [1.54, 1.807) is 11.8 Å². The molecule has 156 valence electrons. The quantitative estimate of drug-likeness (QED) is 0.315. The van der Waals surface area contributed by atoms with E-state index in [-0.39, 0.29) is 11.6 Å². The summed E-state index contributed by atoms with van der Waals surface area (Å²) in [6.45, 7) is 4.12. The summed E-state index contributed by atoms with van der Waals surface area (Å²) in [4.78, 5) is 38.7. The highest BCUT2D eigenvalue weighted by molar-refractivity contribution is 5.90. The Morgan fingerprint density at radius 2 is 1.67 bits per heavy atom. The van der Waals surface area contributed by atoms with Gasteiger partial charge in [-0.25, -0.2) is 4.79 Å². The predicted molar refractivity (Wildman–Crippen MR) is 113 cm³/mol. The van der Waals surface area contributed by atoms with Crippen LogP contribution in [0.15, 0.2) is 60.7 Å². The van der Waals surface area contributed by atoms with Crippen LogP contribution in [0.4, 0.5) is 11.4 Å². The number of para-hydroxylation sites is 1. The number of rotatable bonds is 6. The average Bonchev–Trinajstić information content (AvgIpc) is 2.78. The standard InChI is InChI=1S/C22H23N3O5/c1-17(30-21(26)12-9-18-7-10-20(11-8-18)25(28)29)22(27)24-15-13-23(14-16-24)19-5-3-2-4-6-19/h2-12,17H,13-16H2,1H3/b12-9+. The van der Waals surface area contributed by atoms with Crippen LogP contribution >= 0.6 is 0 Å². The van der Waals surface area contributed by atoms with Gasteiger partial charge in [0.25, 0.3) is 11.6 Å². The van der Waals surface area contributed by atoms with E-state index >= 15 is 0 Å². The number of nitrogens with zero attached hydrogens (tertiary/aromatic N) is 3. The van der Waals surface area contributed by atoms with Gasteiger partial charge in [-0.2, -0.15) is 0 Å². The molecule has 0 saturated carbocycles. The fourth-order valence-corrected chi connectivity index (χ4v) is 3.22. The Kier molecular flexibility index (Phi) is 6.79. The van der Waals surface area contributed by atoms with E-state index in [4.69, 9.17) is 4.74 Å². The zero-order valence-corrected chi connectivity index (χ0v) is 16.6. The smallest absolute Gasteiger partial charge is 0.331 e. The fourth-order valence-electron chi connectivity index (χ4n) is 3.22. The van der Waals surface area contributed by atoms with E-state index in [9.17, 15) is 19.7 Å². The van der Waals surface area contributed by atoms with Gasteiger partial charge in [-0.05, 0) is 42.8 Å².